The van der Waals surface area contributed by atoms with Gasteiger partial charge in [-0.1, -0.05) is 141 Å². The molecular weight excluding hydrogens is 1290 g/mol. The molecule has 0 aliphatic carbocycles. The molecule has 17 atom stereocenters. The van der Waals surface area contributed by atoms with Gasteiger partial charge < -0.3 is 109 Å². The number of unbranched alkanes of at least 4 members (excludes halogenated alkanes) is 23. The number of nitrogens with one attached hydrogen (secondary N) is 2. The minimum Gasteiger partial charge on any atom is -0.462 e. The average Bonchev–Trinajstić information content (AvgIpc) is 0.784. The summed E-state index contributed by atoms with van der Waals surface area (Å²) >= 11 is 0. The van der Waals surface area contributed by atoms with Gasteiger partial charge in [0.1, 0.15) is 79.9 Å². The topological polar surface area (TPSA) is 404 Å². The predicted molar refractivity (Wildman–Crippen MR) is 359 cm³/mol. The number of aliphatic hydroxyl groups is 10. The summed E-state index contributed by atoms with van der Waals surface area (Å²) in [7, 11) is -3.72. The minimum absolute atomic E-state index is 0.0102. The van der Waals surface area contributed by atoms with Gasteiger partial charge in [-0.25, -0.2) is 0 Å². The number of rotatable bonds is 57. The molecule has 2 amide bonds. The minimum atomic E-state index is -3.72. The summed E-state index contributed by atoms with van der Waals surface area (Å²) in [5.41, 5.74) is 0. The smallest absolute Gasteiger partial charge is 0.327 e. The number of ether oxygens (including phenoxy) is 8. The van der Waals surface area contributed by atoms with Crippen LogP contribution in [0.2, 0.25) is 0 Å². The number of esters is 2. The Kier molecular flexibility index (Phi) is 48.7. The first-order chi connectivity index (χ1) is 46.8. The molecule has 28 heteroatoms. The van der Waals surface area contributed by atoms with E-state index >= 15 is 0 Å². The van der Waals surface area contributed by atoms with E-state index in [4.69, 9.17) is 46.9 Å². The van der Waals surface area contributed by atoms with Crippen LogP contribution in [-0.4, -0.2) is 239 Å². The highest BCUT2D eigenvalue weighted by atomic mass is 31.2. The fraction of sp³-hybridized carbons (Fsp3) is 0.884. The lowest BCUT2D eigenvalue weighted by Gasteiger charge is -2.48. The summed E-state index contributed by atoms with van der Waals surface area (Å²) in [4.78, 5) is 50.9. The van der Waals surface area contributed by atoms with Crippen LogP contribution in [0.5, 0.6) is 0 Å². The molecule has 3 fully saturated rings. The van der Waals surface area contributed by atoms with E-state index in [1.165, 1.54) is 83.7 Å². The van der Waals surface area contributed by atoms with Gasteiger partial charge in [-0.3, -0.25) is 23.7 Å². The van der Waals surface area contributed by atoms with Crippen molar-refractivity contribution in [2.75, 3.05) is 66.0 Å². The van der Waals surface area contributed by atoms with Crippen molar-refractivity contribution in [1.82, 2.24) is 10.6 Å². The number of amides is 2. The summed E-state index contributed by atoms with van der Waals surface area (Å²) in [5, 5.41) is 110. The van der Waals surface area contributed by atoms with Gasteiger partial charge in [-0.15, -0.1) is 0 Å². The summed E-state index contributed by atoms with van der Waals surface area (Å²) in [5.74, 6) is -1.51. The molecule has 3 aliphatic rings. The quantitative estimate of drug-likeness (QED) is 0.0143. The highest BCUT2D eigenvalue weighted by molar-refractivity contribution is 7.52. The van der Waals surface area contributed by atoms with Crippen molar-refractivity contribution in [3.8, 4) is 0 Å². The Balaban J connectivity index is 1.32. The molecule has 0 aromatic rings. The second-order valence-electron chi connectivity index (χ2n) is 25.8. The summed E-state index contributed by atoms with van der Waals surface area (Å²) in [6.07, 6.45) is 13.7. The molecule has 3 saturated heterocycles. The molecule has 566 valence electrons. The molecule has 3 aliphatic heterocycles. The Bertz CT molecular complexity index is 2160. The zero-order valence-corrected chi connectivity index (χ0v) is 59.2. The third-order valence-corrected chi connectivity index (χ3v) is 18.6. The molecule has 0 saturated carbocycles. The Morgan fingerprint density at radius 1 is 0.433 bits per heavy atom. The second kappa shape index (κ2) is 53.7. The van der Waals surface area contributed by atoms with Gasteiger partial charge in [0.25, 0.3) is 0 Å². The molecular formula is C69H125N2O25P. The SMILES string of the molecule is CCCCCCCCC=CCCCCCCCC(=O)OC[C@H](COP(C)(=O)OCCNC(=O)CCCCC(=O)NCCCO[C@@H]1OC(CO)[C@H](O[C@@H]2OC(CO)[C@H](O[C@@H]3OC(CO)[C@H](O)[C@H](O)C3O)[C@H](O)C2O)[C@H](O)C1O)OC(=O)CCCCCCCC=CCCCCCCCC. The van der Waals surface area contributed by atoms with E-state index in [1.807, 2.05) is 0 Å². The first-order valence-corrected chi connectivity index (χ1v) is 38.3. The summed E-state index contributed by atoms with van der Waals surface area (Å²) in [6, 6.07) is 0. The Hall–Kier alpha value is -3.13. The maximum absolute atomic E-state index is 13.3. The van der Waals surface area contributed by atoms with Crippen molar-refractivity contribution in [3.05, 3.63) is 24.3 Å². The molecule has 0 radical (unpaired) electrons. The van der Waals surface area contributed by atoms with Crippen LogP contribution in [0, 0.1) is 0 Å². The van der Waals surface area contributed by atoms with Gasteiger partial charge in [0.05, 0.1) is 39.6 Å². The standard InChI is InChI=1S/C69H125N2O25P/c1-4-6-8-10-12-14-16-18-20-22-24-26-28-30-32-39-56(77)88-48-50(91-57(78)40-33-31-29-27-25-23-21-19-17-15-13-11-9-7-5-2)49-90-97(3,86)89-44-42-71-55(76)38-35-34-37-54(75)70-41-36-43-87-67-63(84)60(81)65(52(46-73)93-67)96-69-64(85)61(82)66(53(47-74)94-69)95-68-62(83)59(80)58(79)51(45-72)92-68/h18-21,50-53,58-69,72-74,79-85H,4-17,22-49H2,1-3H3,(H,70,75)(H,71,76)/t50-,51?,52?,53?,58+,59+,60-,61-,62?,63?,64?,65+,66+,67-,68+,69+,97?/m1/s1. The zero-order chi connectivity index (χ0) is 71.1. The van der Waals surface area contributed by atoms with Gasteiger partial charge >= 0.3 is 19.5 Å². The second-order valence-corrected chi connectivity index (χ2v) is 27.9. The number of carbonyl (C=O) groups excluding carboxylic acids is 4. The van der Waals surface area contributed by atoms with Gasteiger partial charge in [-0.2, -0.15) is 0 Å². The maximum Gasteiger partial charge on any atom is 0.327 e. The van der Waals surface area contributed by atoms with Crippen LogP contribution in [0.3, 0.4) is 0 Å². The van der Waals surface area contributed by atoms with E-state index in [-0.39, 0.29) is 83.4 Å². The Morgan fingerprint density at radius 2 is 0.835 bits per heavy atom. The molecule has 3 rings (SSSR count). The lowest BCUT2D eigenvalue weighted by molar-refractivity contribution is -0.379. The molecule has 7 unspecified atom stereocenters. The van der Waals surface area contributed by atoms with E-state index in [0.717, 1.165) is 77.0 Å². The first kappa shape index (κ1) is 88.1. The van der Waals surface area contributed by atoms with E-state index < -0.39 is 138 Å². The van der Waals surface area contributed by atoms with Crippen LogP contribution in [0.15, 0.2) is 24.3 Å². The van der Waals surface area contributed by atoms with Crippen molar-refractivity contribution in [1.29, 1.82) is 0 Å². The fourth-order valence-electron chi connectivity index (χ4n) is 11.4. The van der Waals surface area contributed by atoms with Crippen molar-refractivity contribution < 1.29 is 122 Å². The van der Waals surface area contributed by atoms with Gasteiger partial charge in [0.15, 0.2) is 25.0 Å². The molecule has 97 heavy (non-hydrogen) atoms. The molecule has 0 spiro atoms. The number of carbonyl (C=O) groups is 4. The number of hydrogen-bond acceptors (Lipinski definition) is 25. The molecule has 0 aromatic heterocycles. The predicted octanol–water partition coefficient (Wildman–Crippen LogP) is 6.02. The van der Waals surface area contributed by atoms with Crippen molar-refractivity contribution in [2.24, 2.45) is 0 Å². The van der Waals surface area contributed by atoms with E-state index in [2.05, 4.69) is 48.8 Å². The largest absolute Gasteiger partial charge is 0.462 e. The summed E-state index contributed by atoms with van der Waals surface area (Å²) < 4.78 is 69.1. The van der Waals surface area contributed by atoms with E-state index in [0.29, 0.717) is 25.7 Å². The van der Waals surface area contributed by atoms with Gasteiger partial charge in [0.2, 0.25) is 11.8 Å². The lowest BCUT2D eigenvalue weighted by Crippen LogP contribution is -2.66. The average molecular weight is 1410 g/mol. The maximum atomic E-state index is 13.3. The third kappa shape index (κ3) is 37.6. The fourth-order valence-corrected chi connectivity index (χ4v) is 12.3. The molecule has 0 aromatic carbocycles. The highest BCUT2D eigenvalue weighted by Gasteiger charge is 2.53. The van der Waals surface area contributed by atoms with Crippen LogP contribution in [0.25, 0.3) is 0 Å². The van der Waals surface area contributed by atoms with E-state index in [1.54, 1.807) is 0 Å². The lowest BCUT2D eigenvalue weighted by atomic mass is 9.96. The van der Waals surface area contributed by atoms with Crippen LogP contribution in [-0.2, 0) is 70.7 Å². The van der Waals surface area contributed by atoms with Crippen molar-refractivity contribution in [2.45, 2.75) is 324 Å². The normalized spacial score (nSPS) is 27.0. The van der Waals surface area contributed by atoms with Crippen LogP contribution in [0.1, 0.15) is 226 Å². The highest BCUT2D eigenvalue weighted by Crippen LogP contribution is 2.44. The van der Waals surface area contributed by atoms with Crippen LogP contribution < -0.4 is 10.6 Å². The van der Waals surface area contributed by atoms with Crippen molar-refractivity contribution >= 4 is 31.3 Å². The Morgan fingerprint density at radius 3 is 1.32 bits per heavy atom. The molecule has 3 heterocycles. The van der Waals surface area contributed by atoms with Gasteiger partial charge in [-0.05, 0) is 83.5 Å². The van der Waals surface area contributed by atoms with Gasteiger partial charge in [0, 0.05) is 45.4 Å². The zero-order valence-electron chi connectivity index (χ0n) is 58.3. The monoisotopic (exact) mass is 1410 g/mol. The van der Waals surface area contributed by atoms with Crippen molar-refractivity contribution in [3.63, 3.8) is 0 Å². The number of aliphatic hydroxyl groups excluding tert-OH is 10. The molecule has 0 bridgehead atoms. The number of allylic oxidation sites excluding steroid dienone is 4. The molecule has 12 N–H and O–H groups in total. The number of hydrogen-bond donors (Lipinski definition) is 12. The van der Waals surface area contributed by atoms with Crippen LogP contribution >= 0.6 is 7.60 Å². The molecule has 27 nitrogen and oxygen atoms in total. The van der Waals surface area contributed by atoms with Crippen LogP contribution in [0.4, 0.5) is 0 Å². The first-order valence-electron chi connectivity index (χ1n) is 36.3. The third-order valence-electron chi connectivity index (χ3n) is 17.3. The Labute approximate surface area is 575 Å². The summed E-state index contributed by atoms with van der Waals surface area (Å²) in [6.45, 7) is 2.60. The van der Waals surface area contributed by atoms with E-state index in [9.17, 15) is 74.8 Å².